The first-order valence-electron chi connectivity index (χ1n) is 7.24. The second-order valence-electron chi connectivity index (χ2n) is 5.31. The van der Waals surface area contributed by atoms with Crippen LogP contribution in [0.15, 0.2) is 18.2 Å². The van der Waals surface area contributed by atoms with Gasteiger partial charge in [-0.25, -0.2) is 4.79 Å². The molecule has 0 amide bonds. The first kappa shape index (κ1) is 13.8. The van der Waals surface area contributed by atoms with Gasteiger partial charge in [-0.3, -0.25) is 4.98 Å². The minimum atomic E-state index is -0.932. The lowest BCUT2D eigenvalue weighted by atomic mass is 10.0. The normalized spacial score (nSPS) is 13.4. The molecule has 1 aromatic carbocycles. The summed E-state index contributed by atoms with van der Waals surface area (Å²) in [6.07, 6.45) is 3.69. The molecule has 0 saturated heterocycles. The van der Waals surface area contributed by atoms with Crippen molar-refractivity contribution < 1.29 is 15.0 Å². The molecule has 0 aliphatic heterocycles. The predicted octanol–water partition coefficient (Wildman–Crippen LogP) is 2.22. The molecule has 0 atom stereocenters. The third-order valence-electron chi connectivity index (χ3n) is 3.90. The number of pyridine rings is 1. The fourth-order valence-electron chi connectivity index (χ4n) is 2.89. The number of carboxylic acid groups (broad SMARTS) is 1. The van der Waals surface area contributed by atoms with E-state index in [1.807, 2.05) is 0 Å². The Morgan fingerprint density at radius 1 is 1.33 bits per heavy atom. The molecule has 3 rings (SSSR count). The van der Waals surface area contributed by atoms with Crippen LogP contribution < -0.4 is 5.32 Å². The van der Waals surface area contributed by atoms with Crippen molar-refractivity contribution in [1.82, 2.24) is 4.98 Å². The maximum atomic E-state index is 11.2. The molecule has 2 aromatic rings. The SMILES string of the molecule is O=C(O)c1ccc2nc3c(c(NCCCO)c2c1)CCC3. The van der Waals surface area contributed by atoms with E-state index in [0.29, 0.717) is 13.0 Å². The van der Waals surface area contributed by atoms with Crippen molar-refractivity contribution in [2.45, 2.75) is 25.7 Å². The van der Waals surface area contributed by atoms with Gasteiger partial charge in [0.05, 0.1) is 11.1 Å². The number of nitrogens with zero attached hydrogens (tertiary/aromatic N) is 1. The van der Waals surface area contributed by atoms with Crippen molar-refractivity contribution in [3.05, 3.63) is 35.0 Å². The number of fused-ring (bicyclic) bond motifs is 2. The van der Waals surface area contributed by atoms with E-state index in [-0.39, 0.29) is 12.2 Å². The molecule has 5 heteroatoms. The van der Waals surface area contributed by atoms with Crippen LogP contribution in [0.25, 0.3) is 10.9 Å². The Balaban J connectivity index is 2.13. The molecular weight excluding hydrogens is 268 g/mol. The summed E-state index contributed by atoms with van der Waals surface area (Å²) in [5, 5.41) is 22.3. The molecule has 3 N–H and O–H groups in total. The number of nitrogens with one attached hydrogen (secondary N) is 1. The topological polar surface area (TPSA) is 82.5 Å². The van der Waals surface area contributed by atoms with Gasteiger partial charge in [0.25, 0.3) is 0 Å². The lowest BCUT2D eigenvalue weighted by Gasteiger charge is -2.14. The van der Waals surface area contributed by atoms with E-state index in [1.165, 1.54) is 5.56 Å². The summed E-state index contributed by atoms with van der Waals surface area (Å²) in [6.45, 7) is 0.804. The minimum Gasteiger partial charge on any atom is -0.478 e. The molecule has 21 heavy (non-hydrogen) atoms. The number of aromatic nitrogens is 1. The predicted molar refractivity (Wildman–Crippen MR) is 80.9 cm³/mol. The van der Waals surface area contributed by atoms with Crippen molar-refractivity contribution in [2.75, 3.05) is 18.5 Å². The van der Waals surface area contributed by atoms with Gasteiger partial charge in [0.2, 0.25) is 0 Å². The van der Waals surface area contributed by atoms with Crippen molar-refractivity contribution in [3.8, 4) is 0 Å². The van der Waals surface area contributed by atoms with Crippen molar-refractivity contribution >= 4 is 22.6 Å². The number of aryl methyl sites for hydroxylation is 1. The number of carbonyl (C=O) groups is 1. The second kappa shape index (κ2) is 5.69. The van der Waals surface area contributed by atoms with Gasteiger partial charge >= 0.3 is 5.97 Å². The third kappa shape index (κ3) is 2.56. The lowest BCUT2D eigenvalue weighted by Crippen LogP contribution is -2.08. The van der Waals surface area contributed by atoms with Crippen LogP contribution in [0.4, 0.5) is 5.69 Å². The van der Waals surface area contributed by atoms with E-state index in [2.05, 4.69) is 10.3 Å². The molecule has 5 nitrogen and oxygen atoms in total. The Morgan fingerprint density at radius 3 is 2.95 bits per heavy atom. The van der Waals surface area contributed by atoms with Crippen LogP contribution in [0.2, 0.25) is 0 Å². The van der Waals surface area contributed by atoms with Gasteiger partial charge < -0.3 is 15.5 Å². The zero-order valence-corrected chi connectivity index (χ0v) is 11.7. The third-order valence-corrected chi connectivity index (χ3v) is 3.90. The number of aliphatic hydroxyl groups excluding tert-OH is 1. The highest BCUT2D eigenvalue weighted by Gasteiger charge is 2.20. The highest BCUT2D eigenvalue weighted by atomic mass is 16.4. The number of hydrogen-bond acceptors (Lipinski definition) is 4. The molecule has 1 aliphatic carbocycles. The lowest BCUT2D eigenvalue weighted by molar-refractivity contribution is 0.0697. The van der Waals surface area contributed by atoms with Gasteiger partial charge in [-0.15, -0.1) is 0 Å². The molecule has 0 bridgehead atoms. The number of hydrogen-bond donors (Lipinski definition) is 3. The summed E-state index contributed by atoms with van der Waals surface area (Å²) in [7, 11) is 0. The summed E-state index contributed by atoms with van der Waals surface area (Å²) in [4.78, 5) is 15.8. The fraction of sp³-hybridized carbons (Fsp3) is 0.375. The van der Waals surface area contributed by atoms with E-state index < -0.39 is 5.97 Å². The van der Waals surface area contributed by atoms with E-state index in [0.717, 1.165) is 41.5 Å². The van der Waals surface area contributed by atoms with Gasteiger partial charge in [0.1, 0.15) is 0 Å². The molecule has 0 radical (unpaired) electrons. The zero-order chi connectivity index (χ0) is 14.8. The number of aliphatic hydroxyl groups is 1. The smallest absolute Gasteiger partial charge is 0.335 e. The van der Waals surface area contributed by atoms with Crippen molar-refractivity contribution in [1.29, 1.82) is 0 Å². The molecule has 0 unspecified atom stereocenters. The highest BCUT2D eigenvalue weighted by Crippen LogP contribution is 2.34. The first-order chi connectivity index (χ1) is 10.2. The van der Waals surface area contributed by atoms with Crippen molar-refractivity contribution in [3.63, 3.8) is 0 Å². The Kier molecular flexibility index (Phi) is 3.75. The highest BCUT2D eigenvalue weighted by molar-refractivity contribution is 5.99. The maximum absolute atomic E-state index is 11.2. The number of rotatable bonds is 5. The summed E-state index contributed by atoms with van der Waals surface area (Å²) in [5.74, 6) is -0.932. The quantitative estimate of drug-likeness (QED) is 0.734. The average molecular weight is 286 g/mol. The summed E-state index contributed by atoms with van der Waals surface area (Å²) in [6, 6.07) is 5.05. The van der Waals surface area contributed by atoms with Crippen LogP contribution in [-0.2, 0) is 12.8 Å². The van der Waals surface area contributed by atoms with Crippen LogP contribution in [-0.4, -0.2) is 34.3 Å². The molecule has 1 heterocycles. The van der Waals surface area contributed by atoms with Gasteiger partial charge in [-0.05, 0) is 49.4 Å². The number of carboxylic acids is 1. The summed E-state index contributed by atoms with van der Waals surface area (Å²) in [5.41, 5.74) is 4.39. The fourth-order valence-corrected chi connectivity index (χ4v) is 2.89. The monoisotopic (exact) mass is 286 g/mol. The Labute approximate surface area is 122 Å². The van der Waals surface area contributed by atoms with E-state index in [1.54, 1.807) is 18.2 Å². The Morgan fingerprint density at radius 2 is 2.19 bits per heavy atom. The van der Waals surface area contributed by atoms with E-state index in [4.69, 9.17) is 10.2 Å². The van der Waals surface area contributed by atoms with Crippen LogP contribution in [0.3, 0.4) is 0 Å². The second-order valence-corrected chi connectivity index (χ2v) is 5.31. The minimum absolute atomic E-state index is 0.137. The van der Waals surface area contributed by atoms with E-state index >= 15 is 0 Å². The van der Waals surface area contributed by atoms with Gasteiger partial charge in [0, 0.05) is 29.9 Å². The standard InChI is InChI=1S/C16H18N2O3/c19-8-2-7-17-15-11-3-1-4-13(11)18-14-6-5-10(16(20)21)9-12(14)15/h5-6,9,19H,1-4,7-8H2,(H,17,18)(H,20,21). The van der Waals surface area contributed by atoms with Gasteiger partial charge in [-0.1, -0.05) is 0 Å². The van der Waals surface area contributed by atoms with Crippen LogP contribution >= 0.6 is 0 Å². The van der Waals surface area contributed by atoms with Crippen LogP contribution in [0.5, 0.6) is 0 Å². The zero-order valence-electron chi connectivity index (χ0n) is 11.7. The number of aromatic carboxylic acids is 1. The van der Waals surface area contributed by atoms with Crippen LogP contribution in [0.1, 0.15) is 34.5 Å². The van der Waals surface area contributed by atoms with Crippen molar-refractivity contribution in [2.24, 2.45) is 0 Å². The maximum Gasteiger partial charge on any atom is 0.335 e. The largest absolute Gasteiger partial charge is 0.478 e. The molecule has 0 saturated carbocycles. The summed E-state index contributed by atoms with van der Waals surface area (Å²) >= 11 is 0. The van der Waals surface area contributed by atoms with E-state index in [9.17, 15) is 4.79 Å². The number of benzene rings is 1. The molecular formula is C16H18N2O3. The number of anilines is 1. The Hall–Kier alpha value is -2.14. The summed E-state index contributed by atoms with van der Waals surface area (Å²) < 4.78 is 0. The first-order valence-corrected chi connectivity index (χ1v) is 7.24. The van der Waals surface area contributed by atoms with Gasteiger partial charge in [-0.2, -0.15) is 0 Å². The molecule has 110 valence electrons. The molecule has 0 fully saturated rings. The van der Waals surface area contributed by atoms with Gasteiger partial charge in [0.15, 0.2) is 0 Å². The van der Waals surface area contributed by atoms with Crippen LogP contribution in [0, 0.1) is 0 Å². The average Bonchev–Trinajstić information content (AvgIpc) is 2.94. The molecule has 1 aliphatic rings. The molecule has 0 spiro atoms. The molecule has 1 aromatic heterocycles. The Bertz CT molecular complexity index is 697.